The van der Waals surface area contributed by atoms with Gasteiger partial charge >= 0.3 is 0 Å². The Bertz CT molecular complexity index is 1260. The van der Waals surface area contributed by atoms with E-state index in [0.29, 0.717) is 11.5 Å². The van der Waals surface area contributed by atoms with Crippen LogP contribution in [-0.2, 0) is 4.79 Å². The molecule has 8 nitrogen and oxygen atoms in total. The number of amides is 2. The first-order valence-corrected chi connectivity index (χ1v) is 10.1. The monoisotopic (exact) mass is 416 g/mol. The van der Waals surface area contributed by atoms with Gasteiger partial charge in [-0.15, -0.1) is 0 Å². The summed E-state index contributed by atoms with van der Waals surface area (Å²) in [5.74, 6) is 0.272. The van der Waals surface area contributed by atoms with Crippen molar-refractivity contribution in [2.24, 2.45) is 11.7 Å². The average Bonchev–Trinajstić information content (AvgIpc) is 3.21. The number of imidazole rings is 1. The van der Waals surface area contributed by atoms with Crippen LogP contribution in [0.4, 0.5) is 5.82 Å². The van der Waals surface area contributed by atoms with Crippen molar-refractivity contribution in [2.75, 3.05) is 18.4 Å². The summed E-state index contributed by atoms with van der Waals surface area (Å²) in [5.41, 5.74) is 9.89. The number of para-hydroxylation sites is 2. The molecule has 0 saturated heterocycles. The van der Waals surface area contributed by atoms with Gasteiger partial charge in [0.05, 0.1) is 29.5 Å². The Morgan fingerprint density at radius 3 is 2.55 bits per heavy atom. The summed E-state index contributed by atoms with van der Waals surface area (Å²) >= 11 is 0. The van der Waals surface area contributed by atoms with Crippen molar-refractivity contribution in [1.29, 1.82) is 0 Å². The number of hydrogen-bond acceptors (Lipinski definition) is 5. The van der Waals surface area contributed by atoms with Crippen molar-refractivity contribution in [3.05, 3.63) is 60.3 Å². The number of nitrogens with two attached hydrogens (primary N) is 1. The third-order valence-corrected chi connectivity index (χ3v) is 4.87. The van der Waals surface area contributed by atoms with E-state index in [2.05, 4.69) is 33.9 Å². The highest BCUT2D eigenvalue weighted by molar-refractivity contribution is 5.96. The molecule has 0 bridgehead atoms. The Labute approximate surface area is 179 Å². The summed E-state index contributed by atoms with van der Waals surface area (Å²) in [6.45, 7) is 4.88. The second-order valence-corrected chi connectivity index (χ2v) is 7.75. The highest BCUT2D eigenvalue weighted by atomic mass is 16.2. The molecule has 0 unspecified atom stereocenters. The van der Waals surface area contributed by atoms with Gasteiger partial charge in [0.15, 0.2) is 11.5 Å². The summed E-state index contributed by atoms with van der Waals surface area (Å²) in [6.07, 6.45) is 1.81. The minimum absolute atomic E-state index is 0.195. The third-order valence-electron chi connectivity index (χ3n) is 4.87. The number of benzene rings is 2. The molecule has 4 N–H and O–H groups in total. The molecule has 0 aliphatic rings. The van der Waals surface area contributed by atoms with E-state index in [-0.39, 0.29) is 12.5 Å². The Morgan fingerprint density at radius 1 is 1.10 bits per heavy atom. The van der Waals surface area contributed by atoms with Gasteiger partial charge in [-0.05, 0) is 30.2 Å². The molecule has 0 radical (unpaired) electrons. The van der Waals surface area contributed by atoms with Crippen molar-refractivity contribution in [3.8, 4) is 11.3 Å². The fourth-order valence-electron chi connectivity index (χ4n) is 3.37. The number of aromatic nitrogens is 3. The van der Waals surface area contributed by atoms with Crippen LogP contribution >= 0.6 is 0 Å². The largest absolute Gasteiger partial charge is 0.368 e. The van der Waals surface area contributed by atoms with E-state index < -0.39 is 5.91 Å². The number of fused-ring (bicyclic) bond motifs is 3. The lowest BCUT2D eigenvalue weighted by atomic mass is 10.1. The summed E-state index contributed by atoms with van der Waals surface area (Å²) in [5, 5.41) is 5.90. The molecule has 0 spiro atoms. The van der Waals surface area contributed by atoms with Crippen molar-refractivity contribution in [2.45, 2.75) is 13.8 Å². The van der Waals surface area contributed by atoms with Gasteiger partial charge in [-0.3, -0.25) is 14.0 Å². The van der Waals surface area contributed by atoms with E-state index in [1.54, 1.807) is 12.1 Å². The minimum atomic E-state index is -0.585. The maximum atomic E-state index is 12.2. The van der Waals surface area contributed by atoms with Gasteiger partial charge in [0, 0.05) is 17.7 Å². The van der Waals surface area contributed by atoms with E-state index >= 15 is 0 Å². The summed E-state index contributed by atoms with van der Waals surface area (Å²) in [6, 6.07) is 15.1. The molecule has 2 heterocycles. The number of nitrogens with zero attached hydrogens (tertiary/aromatic N) is 3. The van der Waals surface area contributed by atoms with Crippen LogP contribution in [0.15, 0.2) is 54.7 Å². The van der Waals surface area contributed by atoms with Crippen molar-refractivity contribution in [3.63, 3.8) is 0 Å². The molecule has 8 heteroatoms. The number of anilines is 1. The lowest BCUT2D eigenvalue weighted by Crippen LogP contribution is -2.33. The zero-order valence-corrected chi connectivity index (χ0v) is 17.4. The summed E-state index contributed by atoms with van der Waals surface area (Å²) < 4.78 is 2.08. The molecule has 0 saturated carbocycles. The third kappa shape index (κ3) is 4.18. The first-order valence-electron chi connectivity index (χ1n) is 10.1. The lowest BCUT2D eigenvalue weighted by Gasteiger charge is -2.13. The molecule has 0 atom stereocenters. The topological polar surface area (TPSA) is 114 Å². The highest BCUT2D eigenvalue weighted by Gasteiger charge is 2.15. The molecular weight excluding hydrogens is 392 g/mol. The van der Waals surface area contributed by atoms with Gasteiger partial charge in [0.25, 0.3) is 5.91 Å². The molecule has 0 aliphatic heterocycles. The van der Waals surface area contributed by atoms with Gasteiger partial charge < -0.3 is 16.4 Å². The second kappa shape index (κ2) is 8.43. The maximum Gasteiger partial charge on any atom is 0.251 e. The number of carbonyl (C=O) groups is 2. The Balaban J connectivity index is 1.76. The van der Waals surface area contributed by atoms with E-state index in [1.807, 2.05) is 42.6 Å². The van der Waals surface area contributed by atoms with Gasteiger partial charge in [-0.1, -0.05) is 38.1 Å². The first kappa shape index (κ1) is 20.3. The van der Waals surface area contributed by atoms with Gasteiger partial charge in [0.1, 0.15) is 0 Å². The minimum Gasteiger partial charge on any atom is -0.368 e. The number of nitrogens with one attached hydrogen (secondary N) is 2. The SMILES string of the molecule is CC(C)CNc1nc2ccccc2n2c(-c3ccc(C(=O)NCC(N)=O)cc3)cnc12. The quantitative estimate of drug-likeness (QED) is 0.429. The fraction of sp³-hybridized carbons (Fsp3) is 0.217. The Kier molecular flexibility index (Phi) is 5.53. The summed E-state index contributed by atoms with van der Waals surface area (Å²) in [7, 11) is 0. The standard InChI is InChI=1S/C23H24N6O2/c1-14(2)11-25-21-22-26-12-19(29(22)18-6-4-3-5-17(18)28-21)15-7-9-16(10-8-15)23(31)27-13-20(24)30/h3-10,12,14H,11,13H2,1-2H3,(H2,24,30)(H,25,28)(H,27,31). The smallest absolute Gasteiger partial charge is 0.251 e. The van der Waals surface area contributed by atoms with E-state index in [9.17, 15) is 9.59 Å². The van der Waals surface area contributed by atoms with Gasteiger partial charge in [0.2, 0.25) is 5.91 Å². The van der Waals surface area contributed by atoms with Crippen LogP contribution in [0.1, 0.15) is 24.2 Å². The average molecular weight is 416 g/mol. The van der Waals surface area contributed by atoms with Crippen LogP contribution in [0.5, 0.6) is 0 Å². The highest BCUT2D eigenvalue weighted by Crippen LogP contribution is 2.28. The van der Waals surface area contributed by atoms with Crippen LogP contribution < -0.4 is 16.4 Å². The molecule has 4 rings (SSSR count). The lowest BCUT2D eigenvalue weighted by molar-refractivity contribution is -0.117. The number of carbonyl (C=O) groups excluding carboxylic acids is 2. The van der Waals surface area contributed by atoms with Crippen LogP contribution in [-0.4, -0.2) is 39.3 Å². The van der Waals surface area contributed by atoms with Crippen LogP contribution in [0.25, 0.3) is 27.9 Å². The first-order chi connectivity index (χ1) is 14.9. The molecular formula is C23H24N6O2. The maximum absolute atomic E-state index is 12.2. The van der Waals surface area contributed by atoms with Crippen LogP contribution in [0.2, 0.25) is 0 Å². The van der Waals surface area contributed by atoms with Crippen LogP contribution in [0.3, 0.4) is 0 Å². The number of hydrogen-bond donors (Lipinski definition) is 3. The Hall–Kier alpha value is -3.94. The van der Waals surface area contributed by atoms with Crippen molar-refractivity contribution < 1.29 is 9.59 Å². The Morgan fingerprint density at radius 2 is 1.84 bits per heavy atom. The fourth-order valence-corrected chi connectivity index (χ4v) is 3.37. The van der Waals surface area contributed by atoms with E-state index in [0.717, 1.165) is 40.3 Å². The number of rotatable bonds is 7. The summed E-state index contributed by atoms with van der Waals surface area (Å²) in [4.78, 5) is 32.4. The molecule has 0 aliphatic carbocycles. The van der Waals surface area contributed by atoms with E-state index in [1.165, 1.54) is 0 Å². The van der Waals surface area contributed by atoms with Gasteiger partial charge in [-0.25, -0.2) is 9.97 Å². The number of primary amides is 1. The predicted molar refractivity (Wildman–Crippen MR) is 121 cm³/mol. The predicted octanol–water partition coefficient (Wildman–Crippen LogP) is 2.83. The normalized spacial score (nSPS) is 11.2. The second-order valence-electron chi connectivity index (χ2n) is 7.75. The van der Waals surface area contributed by atoms with E-state index in [4.69, 9.17) is 10.7 Å². The molecule has 2 amide bonds. The van der Waals surface area contributed by atoms with Crippen molar-refractivity contribution >= 4 is 34.3 Å². The molecule has 31 heavy (non-hydrogen) atoms. The zero-order chi connectivity index (χ0) is 22.0. The molecule has 2 aromatic heterocycles. The molecule has 2 aromatic carbocycles. The molecule has 4 aromatic rings. The molecule has 158 valence electrons. The zero-order valence-electron chi connectivity index (χ0n) is 17.4. The van der Waals surface area contributed by atoms with Gasteiger partial charge in [-0.2, -0.15) is 0 Å². The van der Waals surface area contributed by atoms with Crippen molar-refractivity contribution in [1.82, 2.24) is 19.7 Å². The molecule has 0 fully saturated rings. The van der Waals surface area contributed by atoms with Crippen LogP contribution in [0, 0.1) is 5.92 Å².